The molecule has 1 saturated carbocycles. The van der Waals surface area contributed by atoms with Crippen LogP contribution in [0, 0.1) is 5.92 Å². The maximum absolute atomic E-state index is 13.2. The first-order valence-corrected chi connectivity index (χ1v) is 11.2. The van der Waals surface area contributed by atoms with Crippen molar-refractivity contribution in [3.8, 4) is 0 Å². The van der Waals surface area contributed by atoms with Crippen LogP contribution in [0.3, 0.4) is 0 Å². The number of carbonyl (C=O) groups excluding carboxylic acids is 1. The van der Waals surface area contributed by atoms with E-state index in [1.54, 1.807) is 18.0 Å². The Morgan fingerprint density at radius 1 is 1.04 bits per heavy atom. The molecule has 1 aromatic carbocycles. The number of aliphatic hydroxyl groups is 1. The first kappa shape index (κ1) is 19.5. The first-order valence-electron chi connectivity index (χ1n) is 10.4. The van der Waals surface area contributed by atoms with Crippen LogP contribution < -0.4 is 0 Å². The van der Waals surface area contributed by atoms with Gasteiger partial charge in [0.15, 0.2) is 0 Å². The molecule has 0 bridgehead atoms. The van der Waals surface area contributed by atoms with E-state index in [2.05, 4.69) is 4.98 Å². The molecule has 28 heavy (non-hydrogen) atoms. The second-order valence-electron chi connectivity index (χ2n) is 7.87. The average Bonchev–Trinajstić information content (AvgIpc) is 3.27. The number of carbonyl (C=O) groups is 1. The Labute approximate surface area is 171 Å². The maximum atomic E-state index is 13.2. The lowest BCUT2D eigenvalue weighted by atomic mass is 9.87. The summed E-state index contributed by atoms with van der Waals surface area (Å²) in [7, 11) is 0. The normalized spacial score (nSPS) is 19.7. The third kappa shape index (κ3) is 4.41. The largest absolute Gasteiger partial charge is 0.388 e. The summed E-state index contributed by atoms with van der Waals surface area (Å²) >= 11 is 1.77. The van der Waals surface area contributed by atoms with Crippen LogP contribution in [0.5, 0.6) is 0 Å². The van der Waals surface area contributed by atoms with E-state index in [4.69, 9.17) is 0 Å². The van der Waals surface area contributed by atoms with Crippen molar-refractivity contribution in [1.82, 2.24) is 9.88 Å². The molecule has 4 nitrogen and oxygen atoms in total. The van der Waals surface area contributed by atoms with Gasteiger partial charge in [0.1, 0.15) is 5.03 Å². The highest BCUT2D eigenvalue weighted by molar-refractivity contribution is 7.99. The molecule has 1 aliphatic heterocycles. The summed E-state index contributed by atoms with van der Waals surface area (Å²) < 4.78 is 0. The number of hydrogen-bond donors (Lipinski definition) is 1. The van der Waals surface area contributed by atoms with Gasteiger partial charge in [0.2, 0.25) is 0 Å². The van der Waals surface area contributed by atoms with Gasteiger partial charge < -0.3 is 10.0 Å². The summed E-state index contributed by atoms with van der Waals surface area (Å²) in [6, 6.07) is 13.6. The maximum Gasteiger partial charge on any atom is 0.256 e. The smallest absolute Gasteiger partial charge is 0.256 e. The molecule has 1 amide bonds. The number of piperidine rings is 1. The van der Waals surface area contributed by atoms with Crippen molar-refractivity contribution >= 4 is 17.7 Å². The van der Waals surface area contributed by atoms with Crippen LogP contribution in [0.4, 0.5) is 0 Å². The topological polar surface area (TPSA) is 53.4 Å². The Hall–Kier alpha value is -1.85. The third-order valence-corrected chi connectivity index (χ3v) is 7.35. The average molecular weight is 397 g/mol. The van der Waals surface area contributed by atoms with E-state index < -0.39 is 6.10 Å². The predicted molar refractivity (Wildman–Crippen MR) is 112 cm³/mol. The third-order valence-electron chi connectivity index (χ3n) is 6.00. The predicted octanol–water partition coefficient (Wildman–Crippen LogP) is 4.70. The van der Waals surface area contributed by atoms with E-state index in [0.717, 1.165) is 29.0 Å². The molecule has 2 heterocycles. The number of aromatic nitrogens is 1. The van der Waals surface area contributed by atoms with Crippen molar-refractivity contribution in [3.63, 3.8) is 0 Å². The standard InChI is InChI=1S/C23H28N2O2S/c26-21(17-7-2-1-3-8-17)18-12-15-25(16-13-18)23(27)20-11-6-14-24-22(20)28-19-9-4-5-10-19/h1-3,6-8,11,14,18-19,21,26H,4-5,9-10,12-13,15-16H2/t21-/m0/s1. The fourth-order valence-corrected chi connectivity index (χ4v) is 5.61. The highest BCUT2D eigenvalue weighted by Crippen LogP contribution is 2.36. The van der Waals surface area contributed by atoms with Gasteiger partial charge in [-0.25, -0.2) is 4.98 Å². The van der Waals surface area contributed by atoms with Gasteiger partial charge in [0.25, 0.3) is 5.91 Å². The van der Waals surface area contributed by atoms with Crippen LogP contribution in [0.15, 0.2) is 53.7 Å². The summed E-state index contributed by atoms with van der Waals surface area (Å²) in [6.07, 6.45) is 7.99. The Morgan fingerprint density at radius 3 is 2.46 bits per heavy atom. The summed E-state index contributed by atoms with van der Waals surface area (Å²) in [5.74, 6) is 0.286. The van der Waals surface area contributed by atoms with Crippen molar-refractivity contribution in [3.05, 3.63) is 59.8 Å². The van der Waals surface area contributed by atoms with Gasteiger partial charge in [-0.15, -0.1) is 11.8 Å². The van der Waals surface area contributed by atoms with Crippen molar-refractivity contribution in [2.75, 3.05) is 13.1 Å². The molecule has 1 aliphatic carbocycles. The number of thioether (sulfide) groups is 1. The zero-order chi connectivity index (χ0) is 19.3. The number of amides is 1. The van der Waals surface area contributed by atoms with Gasteiger partial charge >= 0.3 is 0 Å². The molecule has 4 rings (SSSR count). The first-order chi connectivity index (χ1) is 13.7. The number of likely N-dealkylation sites (tertiary alicyclic amines) is 1. The van der Waals surface area contributed by atoms with E-state index in [-0.39, 0.29) is 11.8 Å². The minimum atomic E-state index is -0.453. The van der Waals surface area contributed by atoms with Crippen molar-refractivity contribution in [2.45, 2.75) is 54.9 Å². The molecule has 0 radical (unpaired) electrons. The number of rotatable bonds is 5. The van der Waals surface area contributed by atoms with Gasteiger partial charge in [-0.2, -0.15) is 0 Å². The molecule has 0 unspecified atom stereocenters. The molecular formula is C23H28N2O2S. The molecule has 148 valence electrons. The Morgan fingerprint density at radius 2 is 1.75 bits per heavy atom. The second-order valence-corrected chi connectivity index (χ2v) is 9.15. The van der Waals surface area contributed by atoms with Gasteiger partial charge in [0, 0.05) is 24.5 Å². The quantitative estimate of drug-likeness (QED) is 0.796. The number of nitrogens with zero attached hydrogens (tertiary/aromatic N) is 2. The van der Waals surface area contributed by atoms with E-state index in [9.17, 15) is 9.90 Å². The summed E-state index contributed by atoms with van der Waals surface area (Å²) in [4.78, 5) is 19.6. The zero-order valence-corrected chi connectivity index (χ0v) is 17.0. The molecule has 2 aromatic rings. The molecular weight excluding hydrogens is 368 g/mol. The van der Waals surface area contributed by atoms with Gasteiger partial charge in [-0.05, 0) is 49.3 Å². The molecule has 0 spiro atoms. The Kier molecular flexibility index (Phi) is 6.33. The molecule has 1 atom stereocenters. The van der Waals surface area contributed by atoms with Crippen molar-refractivity contribution in [1.29, 1.82) is 0 Å². The zero-order valence-electron chi connectivity index (χ0n) is 16.2. The van der Waals surface area contributed by atoms with Crippen LogP contribution in [0.25, 0.3) is 0 Å². The SMILES string of the molecule is O=C(c1cccnc1SC1CCCC1)N1CCC([C@@H](O)c2ccccc2)CC1. The molecule has 1 N–H and O–H groups in total. The molecule has 2 aliphatic rings. The molecule has 5 heteroatoms. The van der Waals surface area contributed by atoms with Crippen LogP contribution >= 0.6 is 11.8 Å². The Bertz CT molecular complexity index is 784. The fraction of sp³-hybridized carbons (Fsp3) is 0.478. The monoisotopic (exact) mass is 396 g/mol. The molecule has 2 fully saturated rings. The van der Waals surface area contributed by atoms with E-state index in [1.165, 1.54) is 25.7 Å². The Balaban J connectivity index is 1.39. The number of benzene rings is 1. The summed E-state index contributed by atoms with van der Waals surface area (Å²) in [6.45, 7) is 1.38. The lowest BCUT2D eigenvalue weighted by Crippen LogP contribution is -2.40. The number of aliphatic hydroxyl groups excluding tert-OH is 1. The lowest BCUT2D eigenvalue weighted by Gasteiger charge is -2.34. The molecule has 1 aromatic heterocycles. The highest BCUT2D eigenvalue weighted by Gasteiger charge is 2.30. The van der Waals surface area contributed by atoms with Gasteiger partial charge in [-0.1, -0.05) is 43.2 Å². The van der Waals surface area contributed by atoms with Crippen molar-refractivity contribution < 1.29 is 9.90 Å². The van der Waals surface area contributed by atoms with Crippen LogP contribution in [-0.2, 0) is 0 Å². The second kappa shape index (κ2) is 9.10. The van der Waals surface area contributed by atoms with E-state index in [0.29, 0.717) is 18.3 Å². The number of pyridine rings is 1. The minimum absolute atomic E-state index is 0.0845. The van der Waals surface area contributed by atoms with Crippen LogP contribution in [0.2, 0.25) is 0 Å². The van der Waals surface area contributed by atoms with E-state index >= 15 is 0 Å². The fourth-order valence-electron chi connectivity index (χ4n) is 4.32. The highest BCUT2D eigenvalue weighted by atomic mass is 32.2. The summed E-state index contributed by atoms with van der Waals surface area (Å²) in [5.41, 5.74) is 1.70. The van der Waals surface area contributed by atoms with Crippen LogP contribution in [0.1, 0.15) is 60.6 Å². The van der Waals surface area contributed by atoms with Crippen LogP contribution in [-0.4, -0.2) is 39.2 Å². The molecule has 1 saturated heterocycles. The van der Waals surface area contributed by atoms with E-state index in [1.807, 2.05) is 47.4 Å². The minimum Gasteiger partial charge on any atom is -0.388 e. The number of hydrogen-bond acceptors (Lipinski definition) is 4. The van der Waals surface area contributed by atoms with Crippen molar-refractivity contribution in [2.24, 2.45) is 5.92 Å². The van der Waals surface area contributed by atoms with Gasteiger partial charge in [-0.3, -0.25) is 4.79 Å². The van der Waals surface area contributed by atoms with Gasteiger partial charge in [0.05, 0.1) is 11.7 Å². The summed E-state index contributed by atoms with van der Waals surface area (Å²) in [5, 5.41) is 12.1. The lowest BCUT2D eigenvalue weighted by molar-refractivity contribution is 0.0459.